The number of ether oxygens (including phenoxy) is 2. The molecule has 0 radical (unpaired) electrons. The SMILES string of the molecule is CCCC#CC#C/C=C/C=C/[C@H]1CC[C@H](OC)O1. The van der Waals surface area contributed by atoms with Crippen LogP contribution in [0.2, 0.25) is 0 Å². The first-order valence-electron chi connectivity index (χ1n) is 6.36. The van der Waals surface area contributed by atoms with Crippen LogP contribution in [0.25, 0.3) is 0 Å². The third kappa shape index (κ3) is 6.30. The maximum Gasteiger partial charge on any atom is 0.158 e. The van der Waals surface area contributed by atoms with Crippen LogP contribution in [0.3, 0.4) is 0 Å². The van der Waals surface area contributed by atoms with E-state index in [4.69, 9.17) is 9.47 Å². The molecular formula is C16H20O2. The highest BCUT2D eigenvalue weighted by Gasteiger charge is 2.22. The second kappa shape index (κ2) is 9.54. The summed E-state index contributed by atoms with van der Waals surface area (Å²) in [6.45, 7) is 2.10. The molecule has 1 heterocycles. The number of allylic oxidation sites excluding steroid dienone is 3. The lowest BCUT2D eigenvalue weighted by Gasteiger charge is -2.07. The van der Waals surface area contributed by atoms with Crippen molar-refractivity contribution in [1.82, 2.24) is 0 Å². The first kappa shape index (κ1) is 14.6. The van der Waals surface area contributed by atoms with Crippen molar-refractivity contribution in [2.75, 3.05) is 7.11 Å². The molecule has 0 saturated carbocycles. The first-order valence-corrected chi connectivity index (χ1v) is 6.36. The molecule has 0 bridgehead atoms. The Bertz CT molecular complexity index is 398. The molecule has 1 fully saturated rings. The molecule has 1 rings (SSSR count). The number of rotatable bonds is 4. The van der Waals surface area contributed by atoms with Gasteiger partial charge in [-0.1, -0.05) is 37.0 Å². The lowest BCUT2D eigenvalue weighted by atomic mass is 10.2. The lowest BCUT2D eigenvalue weighted by Crippen LogP contribution is -2.10. The number of methoxy groups -OCH3 is 1. The molecule has 1 saturated heterocycles. The molecule has 0 aromatic heterocycles. The van der Waals surface area contributed by atoms with E-state index in [1.54, 1.807) is 13.2 Å². The maximum atomic E-state index is 5.58. The van der Waals surface area contributed by atoms with Crippen molar-refractivity contribution < 1.29 is 9.47 Å². The summed E-state index contributed by atoms with van der Waals surface area (Å²) < 4.78 is 10.7. The van der Waals surface area contributed by atoms with Crippen LogP contribution in [0, 0.1) is 23.7 Å². The normalized spacial score (nSPS) is 22.8. The Morgan fingerprint density at radius 3 is 2.89 bits per heavy atom. The molecule has 0 amide bonds. The topological polar surface area (TPSA) is 18.5 Å². The van der Waals surface area contributed by atoms with Crippen molar-refractivity contribution in [3.05, 3.63) is 24.3 Å². The van der Waals surface area contributed by atoms with Gasteiger partial charge in [0.25, 0.3) is 0 Å². The summed E-state index contributed by atoms with van der Waals surface area (Å²) in [5.41, 5.74) is 0. The first-order chi connectivity index (χ1) is 8.86. The number of hydrogen-bond donors (Lipinski definition) is 0. The predicted molar refractivity (Wildman–Crippen MR) is 73.6 cm³/mol. The lowest BCUT2D eigenvalue weighted by molar-refractivity contribution is -0.104. The van der Waals surface area contributed by atoms with Gasteiger partial charge in [0.2, 0.25) is 0 Å². The molecule has 0 N–H and O–H groups in total. The quantitative estimate of drug-likeness (QED) is 0.559. The highest BCUT2D eigenvalue weighted by Crippen LogP contribution is 2.20. The Labute approximate surface area is 110 Å². The zero-order chi connectivity index (χ0) is 13.1. The van der Waals surface area contributed by atoms with Crippen LogP contribution >= 0.6 is 0 Å². The van der Waals surface area contributed by atoms with Crippen LogP contribution in [0.15, 0.2) is 24.3 Å². The number of unbranched alkanes of at least 4 members (excludes halogenated alkanes) is 1. The highest BCUT2D eigenvalue weighted by molar-refractivity contribution is 5.31. The van der Waals surface area contributed by atoms with Crippen LogP contribution < -0.4 is 0 Å². The minimum Gasteiger partial charge on any atom is -0.356 e. The highest BCUT2D eigenvalue weighted by atomic mass is 16.7. The molecular weight excluding hydrogens is 224 g/mol. The molecule has 18 heavy (non-hydrogen) atoms. The van der Waals surface area contributed by atoms with Crippen molar-refractivity contribution in [2.24, 2.45) is 0 Å². The summed E-state index contributed by atoms with van der Waals surface area (Å²) in [7, 11) is 1.67. The molecule has 1 aliphatic rings. The maximum absolute atomic E-state index is 5.58. The van der Waals surface area contributed by atoms with Crippen LogP contribution in [-0.4, -0.2) is 19.5 Å². The second-order valence-electron chi connectivity index (χ2n) is 3.98. The summed E-state index contributed by atoms with van der Waals surface area (Å²) in [5, 5.41) is 0. The van der Waals surface area contributed by atoms with Crippen LogP contribution in [0.5, 0.6) is 0 Å². The van der Waals surface area contributed by atoms with Gasteiger partial charge in [-0.05, 0) is 30.8 Å². The van der Waals surface area contributed by atoms with Crippen LogP contribution in [0.1, 0.15) is 32.6 Å². The van der Waals surface area contributed by atoms with Gasteiger partial charge < -0.3 is 9.47 Å². The molecule has 96 valence electrons. The van der Waals surface area contributed by atoms with Gasteiger partial charge in [0.15, 0.2) is 6.29 Å². The second-order valence-corrected chi connectivity index (χ2v) is 3.98. The van der Waals surface area contributed by atoms with E-state index in [2.05, 4.69) is 30.6 Å². The Morgan fingerprint density at radius 2 is 2.17 bits per heavy atom. The average Bonchev–Trinajstić information content (AvgIpc) is 2.85. The summed E-state index contributed by atoms with van der Waals surface area (Å²) in [6.07, 6.45) is 11.8. The minimum absolute atomic E-state index is 0.0442. The van der Waals surface area contributed by atoms with Crippen molar-refractivity contribution >= 4 is 0 Å². The largest absolute Gasteiger partial charge is 0.356 e. The van der Waals surface area contributed by atoms with E-state index < -0.39 is 0 Å². The van der Waals surface area contributed by atoms with Crippen molar-refractivity contribution in [3.8, 4) is 23.7 Å². The molecule has 2 nitrogen and oxygen atoms in total. The molecule has 0 aliphatic carbocycles. The minimum atomic E-state index is -0.0442. The Hall–Kier alpha value is -1.48. The fraction of sp³-hybridized carbons (Fsp3) is 0.500. The third-order valence-electron chi connectivity index (χ3n) is 2.49. The summed E-state index contributed by atoms with van der Waals surface area (Å²) >= 11 is 0. The van der Waals surface area contributed by atoms with Gasteiger partial charge in [0, 0.05) is 20.0 Å². The van der Waals surface area contributed by atoms with Crippen molar-refractivity contribution in [3.63, 3.8) is 0 Å². The summed E-state index contributed by atoms with van der Waals surface area (Å²) in [6, 6.07) is 0. The Kier molecular flexibility index (Phi) is 7.73. The number of hydrogen-bond acceptors (Lipinski definition) is 2. The monoisotopic (exact) mass is 244 g/mol. The molecule has 0 aromatic rings. The molecule has 2 atom stereocenters. The van der Waals surface area contributed by atoms with Gasteiger partial charge in [-0.3, -0.25) is 0 Å². The van der Waals surface area contributed by atoms with Gasteiger partial charge in [-0.25, -0.2) is 0 Å². The fourth-order valence-electron chi connectivity index (χ4n) is 1.55. The van der Waals surface area contributed by atoms with E-state index in [1.807, 2.05) is 18.2 Å². The van der Waals surface area contributed by atoms with Crippen molar-refractivity contribution in [1.29, 1.82) is 0 Å². The smallest absolute Gasteiger partial charge is 0.158 e. The predicted octanol–water partition coefficient (Wildman–Crippen LogP) is 3.06. The standard InChI is InChI=1S/C16H20O2/c1-3-4-5-6-7-8-9-10-11-12-15-13-14-16(17-2)18-15/h9-12,15-16H,3-4,13-14H2,1-2H3/b10-9+,12-11+/t15-,16+/m0/s1. The van der Waals surface area contributed by atoms with Gasteiger partial charge in [0.1, 0.15) is 0 Å². The molecule has 1 aliphatic heterocycles. The van der Waals surface area contributed by atoms with Crippen molar-refractivity contribution in [2.45, 2.75) is 45.0 Å². The Morgan fingerprint density at radius 1 is 1.28 bits per heavy atom. The van der Waals surface area contributed by atoms with E-state index >= 15 is 0 Å². The van der Waals surface area contributed by atoms with Crippen LogP contribution in [0.4, 0.5) is 0 Å². The zero-order valence-corrected chi connectivity index (χ0v) is 11.1. The summed E-state index contributed by atoms with van der Waals surface area (Å²) in [4.78, 5) is 0. The van der Waals surface area contributed by atoms with Crippen LogP contribution in [-0.2, 0) is 9.47 Å². The van der Waals surface area contributed by atoms with Gasteiger partial charge in [-0.15, -0.1) is 0 Å². The fourth-order valence-corrected chi connectivity index (χ4v) is 1.55. The molecule has 0 unspecified atom stereocenters. The molecule has 2 heteroatoms. The van der Waals surface area contributed by atoms with Gasteiger partial charge >= 0.3 is 0 Å². The molecule has 0 aromatic carbocycles. The third-order valence-corrected chi connectivity index (χ3v) is 2.49. The average molecular weight is 244 g/mol. The van der Waals surface area contributed by atoms with E-state index in [0.29, 0.717) is 0 Å². The van der Waals surface area contributed by atoms with E-state index in [1.165, 1.54) is 0 Å². The van der Waals surface area contributed by atoms with E-state index in [9.17, 15) is 0 Å². The summed E-state index contributed by atoms with van der Waals surface area (Å²) in [5.74, 6) is 11.4. The Balaban J connectivity index is 2.22. The van der Waals surface area contributed by atoms with Gasteiger partial charge in [-0.2, -0.15) is 0 Å². The molecule has 0 spiro atoms. The zero-order valence-electron chi connectivity index (χ0n) is 11.1. The van der Waals surface area contributed by atoms with Gasteiger partial charge in [0.05, 0.1) is 6.10 Å². The van der Waals surface area contributed by atoms with E-state index in [-0.39, 0.29) is 12.4 Å². The van der Waals surface area contributed by atoms with E-state index in [0.717, 1.165) is 25.7 Å².